The van der Waals surface area contributed by atoms with Crippen LogP contribution in [0.5, 0.6) is 0 Å². The third kappa shape index (κ3) is 2.30. The maximum absolute atomic E-state index is 5.43. The third-order valence-corrected chi connectivity index (χ3v) is 1.73. The van der Waals surface area contributed by atoms with Crippen LogP contribution in [-0.2, 0) is 13.0 Å². The van der Waals surface area contributed by atoms with E-state index >= 15 is 0 Å². The van der Waals surface area contributed by atoms with Crippen LogP contribution in [0.1, 0.15) is 19.2 Å². The second kappa shape index (κ2) is 4.21. The van der Waals surface area contributed by atoms with E-state index in [2.05, 4.69) is 11.9 Å². The molecule has 66 valence electrons. The Morgan fingerprint density at radius 2 is 2.50 bits per heavy atom. The molecule has 0 saturated carbocycles. The van der Waals surface area contributed by atoms with E-state index in [1.165, 1.54) is 0 Å². The van der Waals surface area contributed by atoms with Crippen molar-refractivity contribution >= 4 is 17.2 Å². The first-order chi connectivity index (χ1) is 5.74. The molecule has 0 aliphatic carbocycles. The first-order valence-electron chi connectivity index (χ1n) is 4.02. The van der Waals surface area contributed by atoms with E-state index in [0.717, 1.165) is 18.7 Å². The van der Waals surface area contributed by atoms with Crippen molar-refractivity contribution in [3.05, 3.63) is 18.2 Å². The molecule has 0 aliphatic rings. The lowest BCUT2D eigenvalue weighted by Gasteiger charge is -2.04. The van der Waals surface area contributed by atoms with Crippen molar-refractivity contribution in [2.75, 3.05) is 0 Å². The lowest BCUT2D eigenvalue weighted by Crippen LogP contribution is -2.17. The van der Waals surface area contributed by atoms with Gasteiger partial charge in [-0.2, -0.15) is 0 Å². The van der Waals surface area contributed by atoms with Crippen molar-refractivity contribution in [2.24, 2.45) is 5.73 Å². The smallest absolute Gasteiger partial charge is 0.109 e. The average molecular weight is 183 g/mol. The quantitative estimate of drug-likeness (QED) is 0.711. The van der Waals surface area contributed by atoms with Crippen LogP contribution < -0.4 is 5.73 Å². The molecule has 0 radical (unpaired) electrons. The number of aryl methyl sites for hydroxylation is 1. The van der Waals surface area contributed by atoms with Crippen LogP contribution in [0.25, 0.3) is 0 Å². The number of nitrogens with zero attached hydrogens (tertiary/aromatic N) is 2. The Morgan fingerprint density at radius 3 is 3.08 bits per heavy atom. The molecular weight excluding hydrogens is 170 g/mol. The van der Waals surface area contributed by atoms with Crippen LogP contribution in [0.2, 0.25) is 0 Å². The molecule has 2 N–H and O–H groups in total. The van der Waals surface area contributed by atoms with Gasteiger partial charge >= 0.3 is 0 Å². The summed E-state index contributed by atoms with van der Waals surface area (Å²) in [6.45, 7) is 2.73. The zero-order chi connectivity index (χ0) is 8.97. The highest BCUT2D eigenvalue weighted by atomic mass is 32.1. The van der Waals surface area contributed by atoms with Gasteiger partial charge < -0.3 is 10.3 Å². The average Bonchev–Trinajstić information content (AvgIpc) is 2.37. The molecule has 0 amide bonds. The lowest BCUT2D eigenvalue weighted by molar-refractivity contribution is 0.733. The highest BCUT2D eigenvalue weighted by Gasteiger charge is 2.01. The zero-order valence-electron chi connectivity index (χ0n) is 7.16. The molecule has 4 heteroatoms. The summed E-state index contributed by atoms with van der Waals surface area (Å²) in [7, 11) is 0. The lowest BCUT2D eigenvalue weighted by atomic mass is 10.3. The van der Waals surface area contributed by atoms with Crippen LogP contribution in [0.3, 0.4) is 0 Å². The number of aromatic nitrogens is 2. The van der Waals surface area contributed by atoms with E-state index in [1.807, 2.05) is 10.8 Å². The summed E-state index contributed by atoms with van der Waals surface area (Å²) in [5, 5.41) is 0. The van der Waals surface area contributed by atoms with Gasteiger partial charge in [-0.15, -0.1) is 0 Å². The van der Waals surface area contributed by atoms with Gasteiger partial charge in [0.05, 0.1) is 11.5 Å². The molecule has 0 saturated heterocycles. The zero-order valence-corrected chi connectivity index (χ0v) is 7.97. The molecule has 0 atom stereocenters. The maximum atomic E-state index is 5.43. The van der Waals surface area contributed by atoms with Gasteiger partial charge in [0.1, 0.15) is 5.82 Å². The summed E-state index contributed by atoms with van der Waals surface area (Å²) < 4.78 is 1.99. The van der Waals surface area contributed by atoms with Crippen LogP contribution in [-0.4, -0.2) is 14.5 Å². The van der Waals surface area contributed by atoms with Gasteiger partial charge in [0.25, 0.3) is 0 Å². The summed E-state index contributed by atoms with van der Waals surface area (Å²) in [6.07, 6.45) is 5.76. The molecule has 0 fully saturated rings. The minimum absolute atomic E-state index is 0.505. The molecule has 0 bridgehead atoms. The van der Waals surface area contributed by atoms with E-state index in [-0.39, 0.29) is 0 Å². The van der Waals surface area contributed by atoms with E-state index in [4.69, 9.17) is 18.0 Å². The Labute approximate surface area is 77.6 Å². The van der Waals surface area contributed by atoms with Gasteiger partial charge in [-0.05, 0) is 6.42 Å². The third-order valence-electron chi connectivity index (χ3n) is 1.60. The highest BCUT2D eigenvalue weighted by molar-refractivity contribution is 7.80. The normalized spacial score (nSPS) is 10.1. The standard InChI is InChI=1S/C8H13N3S/c1-2-3-8-10-4-5-11(8)6-7(9)12/h4-5H,2-3,6H2,1H3,(H2,9,12). The number of hydrogen-bond donors (Lipinski definition) is 1. The van der Waals surface area contributed by atoms with Gasteiger partial charge in [0.2, 0.25) is 0 Å². The Kier molecular flexibility index (Phi) is 3.22. The van der Waals surface area contributed by atoms with Gasteiger partial charge in [0, 0.05) is 18.8 Å². The van der Waals surface area contributed by atoms with E-state index in [0.29, 0.717) is 11.5 Å². The number of rotatable bonds is 4. The topological polar surface area (TPSA) is 43.8 Å². The largest absolute Gasteiger partial charge is 0.392 e. The second-order valence-electron chi connectivity index (χ2n) is 2.69. The predicted molar refractivity (Wildman–Crippen MR) is 53.0 cm³/mol. The van der Waals surface area contributed by atoms with Gasteiger partial charge in [0.15, 0.2) is 0 Å². The molecule has 0 aromatic carbocycles. The fourth-order valence-corrected chi connectivity index (χ4v) is 1.24. The molecular formula is C8H13N3S. The van der Waals surface area contributed by atoms with Crippen molar-refractivity contribution in [1.29, 1.82) is 0 Å². The molecule has 1 aromatic rings. The summed E-state index contributed by atoms with van der Waals surface area (Å²) in [5.74, 6) is 1.06. The van der Waals surface area contributed by atoms with Crippen LogP contribution in [0.15, 0.2) is 12.4 Å². The van der Waals surface area contributed by atoms with Crippen molar-refractivity contribution in [3.8, 4) is 0 Å². The Bertz CT molecular complexity index is 267. The Morgan fingerprint density at radius 1 is 1.75 bits per heavy atom. The Hall–Kier alpha value is -0.900. The molecule has 0 aliphatic heterocycles. The fraction of sp³-hybridized carbons (Fsp3) is 0.500. The van der Waals surface area contributed by atoms with Crippen LogP contribution in [0.4, 0.5) is 0 Å². The van der Waals surface area contributed by atoms with Crippen LogP contribution in [0, 0.1) is 0 Å². The first-order valence-corrected chi connectivity index (χ1v) is 4.43. The maximum Gasteiger partial charge on any atom is 0.109 e. The molecule has 1 aromatic heterocycles. The van der Waals surface area contributed by atoms with E-state index < -0.39 is 0 Å². The molecule has 3 nitrogen and oxygen atoms in total. The highest BCUT2D eigenvalue weighted by Crippen LogP contribution is 2.00. The number of hydrogen-bond acceptors (Lipinski definition) is 2. The summed E-state index contributed by atoms with van der Waals surface area (Å²) in [6, 6.07) is 0. The van der Waals surface area contributed by atoms with Crippen LogP contribution >= 0.6 is 12.2 Å². The van der Waals surface area contributed by atoms with E-state index in [9.17, 15) is 0 Å². The molecule has 0 unspecified atom stereocenters. The summed E-state index contributed by atoms with van der Waals surface area (Å²) >= 11 is 4.82. The van der Waals surface area contributed by atoms with Crippen molar-refractivity contribution in [1.82, 2.24) is 9.55 Å². The van der Waals surface area contributed by atoms with Gasteiger partial charge in [-0.25, -0.2) is 4.98 Å². The number of imidazole rings is 1. The van der Waals surface area contributed by atoms with Gasteiger partial charge in [-0.3, -0.25) is 0 Å². The number of nitrogens with two attached hydrogens (primary N) is 1. The minimum atomic E-state index is 0.505. The minimum Gasteiger partial charge on any atom is -0.392 e. The molecule has 1 rings (SSSR count). The fourth-order valence-electron chi connectivity index (χ4n) is 1.10. The number of thiocarbonyl (C=S) groups is 1. The second-order valence-corrected chi connectivity index (χ2v) is 3.21. The van der Waals surface area contributed by atoms with Crippen molar-refractivity contribution in [3.63, 3.8) is 0 Å². The van der Waals surface area contributed by atoms with Crippen molar-refractivity contribution < 1.29 is 0 Å². The van der Waals surface area contributed by atoms with Gasteiger partial charge in [-0.1, -0.05) is 19.1 Å². The monoisotopic (exact) mass is 183 g/mol. The van der Waals surface area contributed by atoms with E-state index in [1.54, 1.807) is 6.20 Å². The summed E-state index contributed by atoms with van der Waals surface area (Å²) in [4.78, 5) is 4.71. The molecule has 0 spiro atoms. The summed E-state index contributed by atoms with van der Waals surface area (Å²) in [5.41, 5.74) is 5.43. The first kappa shape index (κ1) is 9.19. The SMILES string of the molecule is CCCc1nccn1CC(N)=S. The predicted octanol–water partition coefficient (Wildman–Crippen LogP) is 1.12. The Balaban J connectivity index is 2.69. The molecule has 1 heterocycles. The molecule has 12 heavy (non-hydrogen) atoms. The van der Waals surface area contributed by atoms with Crippen molar-refractivity contribution in [2.45, 2.75) is 26.3 Å².